The van der Waals surface area contributed by atoms with E-state index >= 15 is 0 Å². The van der Waals surface area contributed by atoms with Crippen molar-refractivity contribution in [1.82, 2.24) is 9.97 Å². The second kappa shape index (κ2) is 19.8. The predicted octanol–water partition coefficient (Wildman–Crippen LogP) is 11.2. The van der Waals surface area contributed by atoms with Gasteiger partial charge in [0.2, 0.25) is 0 Å². The summed E-state index contributed by atoms with van der Waals surface area (Å²) >= 11 is 0. The van der Waals surface area contributed by atoms with Crippen LogP contribution in [-0.2, 0) is 17.8 Å². The predicted molar refractivity (Wildman–Crippen MR) is 194 cm³/mol. The van der Waals surface area contributed by atoms with Crippen molar-refractivity contribution >= 4 is 0 Å². The van der Waals surface area contributed by atoms with Crippen molar-refractivity contribution in [2.24, 2.45) is 11.8 Å². The summed E-state index contributed by atoms with van der Waals surface area (Å²) in [5, 5.41) is 0. The first-order valence-electron chi connectivity index (χ1n) is 18.0. The maximum absolute atomic E-state index is 6.63. The highest BCUT2D eigenvalue weighted by Crippen LogP contribution is 2.31. The third kappa shape index (κ3) is 12.1. The number of aryl methyl sites for hydroxylation is 1. The second-order valence-electron chi connectivity index (χ2n) is 13.1. The summed E-state index contributed by atoms with van der Waals surface area (Å²) in [5.41, 5.74) is 5.47. The van der Waals surface area contributed by atoms with Crippen molar-refractivity contribution in [3.8, 4) is 22.9 Å². The molecule has 3 atom stereocenters. The maximum Gasteiger partial charge on any atom is 0.159 e. The van der Waals surface area contributed by atoms with Gasteiger partial charge in [0.25, 0.3) is 0 Å². The summed E-state index contributed by atoms with van der Waals surface area (Å²) in [6.07, 6.45) is 14.7. The highest BCUT2D eigenvalue weighted by atomic mass is 16.5. The Bertz CT molecular complexity index is 1400. The van der Waals surface area contributed by atoms with Gasteiger partial charge in [-0.2, -0.15) is 0 Å². The van der Waals surface area contributed by atoms with Crippen molar-refractivity contribution in [2.75, 3.05) is 13.2 Å². The molecule has 0 radical (unpaired) electrons. The summed E-state index contributed by atoms with van der Waals surface area (Å²) in [4.78, 5) is 9.40. The third-order valence-corrected chi connectivity index (χ3v) is 8.98. The van der Waals surface area contributed by atoms with Crippen molar-refractivity contribution in [3.63, 3.8) is 0 Å². The number of hydrogen-bond donors (Lipinski definition) is 0. The van der Waals surface area contributed by atoms with Crippen LogP contribution in [-0.4, -0.2) is 23.2 Å². The molecule has 5 nitrogen and oxygen atoms in total. The number of rotatable bonds is 21. The fraction of sp³-hybridized carbons (Fsp3) is 0.476. The van der Waals surface area contributed by atoms with Gasteiger partial charge in [0, 0.05) is 18.0 Å². The maximum atomic E-state index is 6.63. The smallest absolute Gasteiger partial charge is 0.159 e. The Morgan fingerprint density at radius 3 is 1.64 bits per heavy atom. The molecule has 0 saturated heterocycles. The Balaban J connectivity index is 1.43. The molecule has 0 amide bonds. The standard InChI is InChI=1S/C42H56N2O3/c1-6-9-10-11-12-13-14-35-27-43-42(44-28-35)38-19-17-36(18-20-38)41(37-21-25-40(26-22-37)46-30-33(5)8-3)47-31-34-15-23-39(24-16-34)45-29-32(4)7-2/h15-28,32-33,41H,6-14,29-31H2,1-5H3. The van der Waals surface area contributed by atoms with Gasteiger partial charge in [-0.25, -0.2) is 9.97 Å². The minimum atomic E-state index is -0.241. The van der Waals surface area contributed by atoms with E-state index in [0.29, 0.717) is 18.4 Å². The van der Waals surface area contributed by atoms with Gasteiger partial charge in [0.1, 0.15) is 17.6 Å². The number of hydrogen-bond acceptors (Lipinski definition) is 5. The van der Waals surface area contributed by atoms with Gasteiger partial charge in [-0.15, -0.1) is 0 Å². The molecule has 0 saturated carbocycles. The Labute approximate surface area is 284 Å². The van der Waals surface area contributed by atoms with Crippen LogP contribution >= 0.6 is 0 Å². The molecule has 4 rings (SSSR count). The molecule has 3 unspecified atom stereocenters. The van der Waals surface area contributed by atoms with Crippen molar-refractivity contribution in [2.45, 2.75) is 105 Å². The van der Waals surface area contributed by atoms with E-state index in [1.165, 1.54) is 44.1 Å². The topological polar surface area (TPSA) is 53.5 Å². The largest absolute Gasteiger partial charge is 0.493 e. The SMILES string of the molecule is CCCCCCCCc1cnc(-c2ccc(C(OCc3ccc(OCC(C)CC)cc3)c3ccc(OCC(C)CC)cc3)cc2)nc1. The first kappa shape index (κ1) is 36.1. The van der Waals surface area contributed by atoms with Crippen LogP contribution in [0.5, 0.6) is 11.5 Å². The van der Waals surface area contributed by atoms with E-state index < -0.39 is 0 Å². The molecule has 0 aliphatic carbocycles. The summed E-state index contributed by atoms with van der Waals surface area (Å²) in [6.45, 7) is 13.0. The van der Waals surface area contributed by atoms with E-state index in [2.05, 4.69) is 83.1 Å². The average Bonchev–Trinajstić information content (AvgIpc) is 3.12. The lowest BCUT2D eigenvalue weighted by Crippen LogP contribution is -2.09. The molecule has 0 spiro atoms. The third-order valence-electron chi connectivity index (χ3n) is 8.98. The number of aromatic nitrogens is 2. The average molecular weight is 637 g/mol. The Morgan fingerprint density at radius 2 is 1.09 bits per heavy atom. The molecule has 4 aromatic rings. The molecule has 3 aromatic carbocycles. The summed E-state index contributed by atoms with van der Waals surface area (Å²) in [7, 11) is 0. The van der Waals surface area contributed by atoms with Gasteiger partial charge < -0.3 is 14.2 Å². The van der Waals surface area contributed by atoms with Gasteiger partial charge in [-0.3, -0.25) is 0 Å². The van der Waals surface area contributed by atoms with E-state index in [4.69, 9.17) is 24.2 Å². The Kier molecular flexibility index (Phi) is 15.3. The molecule has 252 valence electrons. The molecule has 0 N–H and O–H groups in total. The number of nitrogens with zero attached hydrogens (tertiary/aromatic N) is 2. The van der Waals surface area contributed by atoms with E-state index in [9.17, 15) is 0 Å². The molecule has 0 fully saturated rings. The van der Waals surface area contributed by atoms with Crippen LogP contribution in [0.15, 0.2) is 85.2 Å². The van der Waals surface area contributed by atoms with E-state index in [-0.39, 0.29) is 6.10 Å². The zero-order valence-corrected chi connectivity index (χ0v) is 29.4. The normalized spacial score (nSPS) is 13.2. The van der Waals surface area contributed by atoms with E-state index in [1.54, 1.807) is 0 Å². The minimum Gasteiger partial charge on any atom is -0.493 e. The van der Waals surface area contributed by atoms with Crippen LogP contribution in [0, 0.1) is 11.8 Å². The second-order valence-corrected chi connectivity index (χ2v) is 13.1. The van der Waals surface area contributed by atoms with Crippen LogP contribution in [0.1, 0.15) is 114 Å². The molecule has 0 aliphatic rings. The quantitative estimate of drug-likeness (QED) is 0.0852. The molecule has 0 aliphatic heterocycles. The van der Waals surface area contributed by atoms with E-state index in [0.717, 1.165) is 72.1 Å². The van der Waals surface area contributed by atoms with Gasteiger partial charge in [-0.1, -0.05) is 128 Å². The van der Waals surface area contributed by atoms with Crippen LogP contribution in [0.25, 0.3) is 11.4 Å². The number of unbranched alkanes of at least 4 members (excludes halogenated alkanes) is 5. The fourth-order valence-corrected chi connectivity index (χ4v) is 5.25. The molecule has 1 aromatic heterocycles. The molecular formula is C42H56N2O3. The van der Waals surface area contributed by atoms with E-state index in [1.807, 2.05) is 36.7 Å². The number of ether oxygens (including phenoxy) is 3. The van der Waals surface area contributed by atoms with Crippen LogP contribution in [0.3, 0.4) is 0 Å². The first-order valence-corrected chi connectivity index (χ1v) is 18.0. The van der Waals surface area contributed by atoms with Crippen LogP contribution < -0.4 is 9.47 Å². The van der Waals surface area contributed by atoms with Gasteiger partial charge in [-0.05, 0) is 71.2 Å². The number of benzene rings is 3. The molecule has 0 bridgehead atoms. The Morgan fingerprint density at radius 1 is 0.574 bits per heavy atom. The van der Waals surface area contributed by atoms with Crippen LogP contribution in [0.2, 0.25) is 0 Å². The zero-order chi connectivity index (χ0) is 33.3. The lowest BCUT2D eigenvalue weighted by molar-refractivity contribution is 0.0666. The highest BCUT2D eigenvalue weighted by Gasteiger charge is 2.17. The first-order chi connectivity index (χ1) is 23.0. The van der Waals surface area contributed by atoms with Gasteiger partial charge in [0.05, 0.1) is 19.8 Å². The summed E-state index contributed by atoms with van der Waals surface area (Å²) in [6, 6.07) is 25.0. The summed E-state index contributed by atoms with van der Waals surface area (Å²) in [5.74, 6) is 3.59. The van der Waals surface area contributed by atoms with Crippen molar-refractivity contribution in [3.05, 3.63) is 107 Å². The highest BCUT2D eigenvalue weighted by molar-refractivity contribution is 5.55. The molecule has 1 heterocycles. The summed E-state index contributed by atoms with van der Waals surface area (Å²) < 4.78 is 18.6. The molecule has 47 heavy (non-hydrogen) atoms. The van der Waals surface area contributed by atoms with Gasteiger partial charge >= 0.3 is 0 Å². The lowest BCUT2D eigenvalue weighted by Gasteiger charge is -2.20. The van der Waals surface area contributed by atoms with Crippen LogP contribution in [0.4, 0.5) is 0 Å². The zero-order valence-electron chi connectivity index (χ0n) is 29.4. The monoisotopic (exact) mass is 636 g/mol. The Hall–Kier alpha value is -3.70. The molecule has 5 heteroatoms. The van der Waals surface area contributed by atoms with Gasteiger partial charge in [0.15, 0.2) is 5.82 Å². The lowest BCUT2D eigenvalue weighted by atomic mass is 9.99. The van der Waals surface area contributed by atoms with Crippen molar-refractivity contribution in [1.29, 1.82) is 0 Å². The minimum absolute atomic E-state index is 0.241. The molecular weight excluding hydrogens is 580 g/mol. The van der Waals surface area contributed by atoms with Crippen molar-refractivity contribution < 1.29 is 14.2 Å². The fourth-order valence-electron chi connectivity index (χ4n) is 5.25.